The van der Waals surface area contributed by atoms with E-state index < -0.39 is 0 Å². The van der Waals surface area contributed by atoms with Crippen LogP contribution in [0.15, 0.2) is 83.8 Å². The monoisotopic (exact) mass is 405 g/mol. The fraction of sp³-hybridized carbons (Fsp3) is 0.0455. The van der Waals surface area contributed by atoms with Gasteiger partial charge in [-0.05, 0) is 48.5 Å². The summed E-state index contributed by atoms with van der Waals surface area (Å²) >= 11 is 5.87. The molecule has 1 N–H and O–H groups in total. The van der Waals surface area contributed by atoms with Crippen molar-refractivity contribution in [1.29, 1.82) is 0 Å². The van der Waals surface area contributed by atoms with Crippen LogP contribution in [0.3, 0.4) is 0 Å². The molecule has 2 aromatic carbocycles. The lowest BCUT2D eigenvalue weighted by Gasteiger charge is -2.12. The van der Waals surface area contributed by atoms with E-state index in [1.54, 1.807) is 66.9 Å². The molecule has 1 amide bonds. The van der Waals surface area contributed by atoms with Gasteiger partial charge in [0, 0.05) is 22.8 Å². The Hall–Kier alpha value is -3.64. The minimum absolute atomic E-state index is 0.0917. The lowest BCUT2D eigenvalue weighted by atomic mass is 10.2. The zero-order valence-electron chi connectivity index (χ0n) is 15.2. The fourth-order valence-electron chi connectivity index (χ4n) is 2.82. The van der Waals surface area contributed by atoms with Gasteiger partial charge in [-0.15, -0.1) is 0 Å². The van der Waals surface area contributed by atoms with E-state index in [9.17, 15) is 9.59 Å². The molecule has 0 atom stereocenters. The van der Waals surface area contributed by atoms with Gasteiger partial charge in [0.15, 0.2) is 0 Å². The van der Waals surface area contributed by atoms with Crippen LogP contribution < -0.4 is 15.6 Å². The second kappa shape index (κ2) is 8.16. The van der Waals surface area contributed by atoms with E-state index in [-0.39, 0.29) is 18.1 Å². The predicted molar refractivity (Wildman–Crippen MR) is 112 cm³/mol. The molecule has 4 aromatic rings. The number of nitrogens with zero attached hydrogens (tertiary/aromatic N) is 2. The van der Waals surface area contributed by atoms with Crippen LogP contribution >= 0.6 is 11.6 Å². The minimum Gasteiger partial charge on any atom is -0.485 e. The van der Waals surface area contributed by atoms with Crippen LogP contribution in [-0.2, 0) is 6.61 Å². The first kappa shape index (κ1) is 18.7. The highest BCUT2D eigenvalue weighted by molar-refractivity contribution is 6.30. The van der Waals surface area contributed by atoms with Crippen LogP contribution in [0.5, 0.6) is 5.75 Å². The number of rotatable bonds is 5. The van der Waals surface area contributed by atoms with Gasteiger partial charge in [0.05, 0.1) is 11.4 Å². The molecule has 0 unspecified atom stereocenters. The molecule has 2 heterocycles. The number of hydrogen-bond acceptors (Lipinski definition) is 4. The van der Waals surface area contributed by atoms with Crippen molar-refractivity contribution in [2.24, 2.45) is 0 Å². The van der Waals surface area contributed by atoms with Crippen molar-refractivity contribution >= 4 is 28.8 Å². The maximum Gasteiger partial charge on any atom is 0.258 e. The van der Waals surface area contributed by atoms with Crippen LogP contribution in [0.1, 0.15) is 16.1 Å². The Morgan fingerprint density at radius 1 is 1.03 bits per heavy atom. The van der Waals surface area contributed by atoms with E-state index in [2.05, 4.69) is 10.3 Å². The Kier molecular flexibility index (Phi) is 5.27. The molecule has 0 spiro atoms. The van der Waals surface area contributed by atoms with Gasteiger partial charge in [-0.3, -0.25) is 14.0 Å². The standard InChI is InChI=1S/C22H16ClN3O3/c23-16-10-8-15(9-11-16)22(28)25-18-5-1-2-6-19(18)29-14-17-13-21(27)26-12-4-3-7-20(26)24-17/h1-13H,14H2,(H,25,28). The summed E-state index contributed by atoms with van der Waals surface area (Å²) in [6.45, 7) is 0.0917. The fourth-order valence-corrected chi connectivity index (χ4v) is 2.95. The van der Waals surface area contributed by atoms with Crippen LogP contribution in [-0.4, -0.2) is 15.3 Å². The Balaban J connectivity index is 1.52. The van der Waals surface area contributed by atoms with Gasteiger partial charge in [-0.25, -0.2) is 4.98 Å². The second-order valence-corrected chi connectivity index (χ2v) is 6.70. The average Bonchev–Trinajstić information content (AvgIpc) is 2.73. The molecule has 0 saturated heterocycles. The average molecular weight is 406 g/mol. The summed E-state index contributed by atoms with van der Waals surface area (Å²) in [5, 5.41) is 3.39. The summed E-state index contributed by atoms with van der Waals surface area (Å²) in [6.07, 6.45) is 1.66. The maximum atomic E-state index is 12.5. The van der Waals surface area contributed by atoms with Crippen molar-refractivity contribution in [3.8, 4) is 5.75 Å². The van der Waals surface area contributed by atoms with Gasteiger partial charge in [-0.1, -0.05) is 29.8 Å². The number of hydrogen-bond donors (Lipinski definition) is 1. The predicted octanol–water partition coefficient (Wildman–Crippen LogP) is 4.18. The first-order valence-corrected chi connectivity index (χ1v) is 9.24. The normalized spacial score (nSPS) is 10.7. The molecule has 0 radical (unpaired) electrons. The molecule has 0 aliphatic rings. The molecule has 7 heteroatoms. The Bertz CT molecular complexity index is 1240. The van der Waals surface area contributed by atoms with Crippen molar-refractivity contribution in [1.82, 2.24) is 9.38 Å². The number of para-hydroxylation sites is 2. The van der Waals surface area contributed by atoms with Crippen molar-refractivity contribution in [2.45, 2.75) is 6.61 Å². The van der Waals surface area contributed by atoms with E-state index in [0.29, 0.717) is 33.4 Å². The molecule has 144 valence electrons. The highest BCUT2D eigenvalue weighted by atomic mass is 35.5. The number of aromatic nitrogens is 2. The SMILES string of the molecule is O=C(Nc1ccccc1OCc1cc(=O)n2ccccc2n1)c1ccc(Cl)cc1. The number of pyridine rings is 1. The molecular weight excluding hydrogens is 390 g/mol. The van der Waals surface area contributed by atoms with Gasteiger partial charge in [-0.2, -0.15) is 0 Å². The van der Waals surface area contributed by atoms with Crippen molar-refractivity contribution in [3.05, 3.63) is 106 Å². The lowest BCUT2D eigenvalue weighted by Crippen LogP contribution is -2.16. The second-order valence-electron chi connectivity index (χ2n) is 6.26. The van der Waals surface area contributed by atoms with Crippen molar-refractivity contribution < 1.29 is 9.53 Å². The van der Waals surface area contributed by atoms with Crippen LogP contribution in [0.2, 0.25) is 5.02 Å². The Morgan fingerprint density at radius 3 is 2.62 bits per heavy atom. The maximum absolute atomic E-state index is 12.5. The molecule has 29 heavy (non-hydrogen) atoms. The molecule has 0 bridgehead atoms. The molecule has 0 aliphatic carbocycles. The highest BCUT2D eigenvalue weighted by Gasteiger charge is 2.11. The number of fused-ring (bicyclic) bond motifs is 1. The summed E-state index contributed by atoms with van der Waals surface area (Å²) in [6, 6.07) is 20.5. The smallest absolute Gasteiger partial charge is 0.258 e. The molecule has 4 rings (SSSR count). The first-order valence-electron chi connectivity index (χ1n) is 8.86. The third kappa shape index (κ3) is 4.28. The number of halogens is 1. The number of anilines is 1. The number of nitrogens with one attached hydrogen (secondary N) is 1. The number of carbonyl (C=O) groups excluding carboxylic acids is 1. The zero-order chi connectivity index (χ0) is 20.2. The summed E-state index contributed by atoms with van der Waals surface area (Å²) < 4.78 is 7.30. The van der Waals surface area contributed by atoms with Gasteiger partial charge in [0.25, 0.3) is 11.5 Å². The number of amides is 1. The Morgan fingerprint density at radius 2 is 1.79 bits per heavy atom. The topological polar surface area (TPSA) is 72.7 Å². The van der Waals surface area contributed by atoms with Crippen LogP contribution in [0.25, 0.3) is 5.65 Å². The molecule has 0 saturated carbocycles. The summed E-state index contributed by atoms with van der Waals surface area (Å²) in [5.74, 6) is 0.199. The van der Waals surface area contributed by atoms with Gasteiger partial charge in [0.2, 0.25) is 0 Å². The number of benzene rings is 2. The van der Waals surface area contributed by atoms with Gasteiger partial charge < -0.3 is 10.1 Å². The molecule has 6 nitrogen and oxygen atoms in total. The van der Waals surface area contributed by atoms with E-state index in [1.807, 2.05) is 6.07 Å². The van der Waals surface area contributed by atoms with E-state index in [4.69, 9.17) is 16.3 Å². The lowest BCUT2D eigenvalue weighted by molar-refractivity contribution is 0.102. The third-order valence-corrected chi connectivity index (χ3v) is 4.49. The molecule has 0 fully saturated rings. The largest absolute Gasteiger partial charge is 0.485 e. The van der Waals surface area contributed by atoms with Crippen LogP contribution in [0.4, 0.5) is 5.69 Å². The van der Waals surface area contributed by atoms with Gasteiger partial charge >= 0.3 is 0 Å². The zero-order valence-corrected chi connectivity index (χ0v) is 16.0. The third-order valence-electron chi connectivity index (χ3n) is 4.24. The van der Waals surface area contributed by atoms with Crippen molar-refractivity contribution in [2.75, 3.05) is 5.32 Å². The van der Waals surface area contributed by atoms with E-state index in [1.165, 1.54) is 10.5 Å². The quantitative estimate of drug-likeness (QED) is 0.540. The van der Waals surface area contributed by atoms with E-state index in [0.717, 1.165) is 0 Å². The Labute approximate surface area is 171 Å². The summed E-state index contributed by atoms with van der Waals surface area (Å²) in [4.78, 5) is 29.1. The highest BCUT2D eigenvalue weighted by Crippen LogP contribution is 2.25. The molecule has 0 aliphatic heterocycles. The van der Waals surface area contributed by atoms with Crippen LogP contribution in [0, 0.1) is 0 Å². The first-order chi connectivity index (χ1) is 14.1. The molecular formula is C22H16ClN3O3. The number of ether oxygens (including phenoxy) is 1. The molecule has 2 aromatic heterocycles. The van der Waals surface area contributed by atoms with Gasteiger partial charge in [0.1, 0.15) is 18.0 Å². The van der Waals surface area contributed by atoms with E-state index >= 15 is 0 Å². The summed E-state index contributed by atoms with van der Waals surface area (Å²) in [7, 11) is 0. The summed E-state index contributed by atoms with van der Waals surface area (Å²) in [5.41, 5.74) is 1.86. The minimum atomic E-state index is -0.278. The number of carbonyl (C=O) groups is 1. The van der Waals surface area contributed by atoms with Crippen molar-refractivity contribution in [3.63, 3.8) is 0 Å².